The van der Waals surface area contributed by atoms with Crippen LogP contribution in [0.15, 0.2) is 28.8 Å². The molecule has 2 N–H and O–H groups in total. The van der Waals surface area contributed by atoms with Crippen molar-refractivity contribution in [1.29, 1.82) is 0 Å². The van der Waals surface area contributed by atoms with Gasteiger partial charge in [-0.3, -0.25) is 4.79 Å². The molecule has 0 aliphatic heterocycles. The quantitative estimate of drug-likeness (QED) is 0.685. The first-order valence-electron chi connectivity index (χ1n) is 8.93. The van der Waals surface area contributed by atoms with Gasteiger partial charge in [0.05, 0.1) is 11.0 Å². The summed E-state index contributed by atoms with van der Waals surface area (Å²) >= 11 is 0. The van der Waals surface area contributed by atoms with Crippen molar-refractivity contribution in [3.05, 3.63) is 30.0 Å². The van der Waals surface area contributed by atoms with E-state index in [1.807, 2.05) is 65.3 Å². The highest BCUT2D eigenvalue weighted by atomic mass is 16.5. The number of hydrogen-bond donors (Lipinski definition) is 1. The molecule has 3 aromatic rings. The van der Waals surface area contributed by atoms with Crippen molar-refractivity contribution in [3.63, 3.8) is 0 Å². The molecule has 1 amide bonds. The van der Waals surface area contributed by atoms with Crippen molar-refractivity contribution in [2.24, 2.45) is 12.5 Å². The van der Waals surface area contributed by atoms with Gasteiger partial charge in [0.1, 0.15) is 5.76 Å². The summed E-state index contributed by atoms with van der Waals surface area (Å²) in [6.07, 6.45) is 0. The van der Waals surface area contributed by atoms with Crippen LogP contribution < -0.4 is 10.6 Å². The number of nitrogens with two attached hydrogens (primary N) is 1. The average Bonchev–Trinajstić information content (AvgIpc) is 3.13. The summed E-state index contributed by atoms with van der Waals surface area (Å²) in [4.78, 5) is 19.5. The minimum atomic E-state index is -0.627. The molecular weight excluding hydrogens is 342 g/mol. The molecule has 0 radical (unpaired) electrons. The smallest absolute Gasteiger partial charge is 0.240 e. The zero-order valence-electron chi connectivity index (χ0n) is 17.0. The zero-order valence-corrected chi connectivity index (χ0v) is 17.0. The van der Waals surface area contributed by atoms with Crippen molar-refractivity contribution in [1.82, 2.24) is 14.7 Å². The van der Waals surface area contributed by atoms with Gasteiger partial charge in [0.2, 0.25) is 11.9 Å². The lowest BCUT2D eigenvalue weighted by Crippen LogP contribution is -2.37. The maximum Gasteiger partial charge on any atom is 0.240 e. The predicted molar refractivity (Wildman–Crippen MR) is 107 cm³/mol. The molecule has 0 aliphatic rings. The number of benzene rings is 1. The van der Waals surface area contributed by atoms with Crippen LogP contribution in [-0.2, 0) is 17.3 Å². The Morgan fingerprint density at radius 1 is 1.15 bits per heavy atom. The molecule has 27 heavy (non-hydrogen) atoms. The Labute approximate surface area is 159 Å². The van der Waals surface area contributed by atoms with Crippen LogP contribution in [0.5, 0.6) is 0 Å². The number of hydrogen-bond acceptors (Lipinski definition) is 5. The third-order valence-corrected chi connectivity index (χ3v) is 4.39. The standard InChI is InChI=1S/C20H27N5O2/c1-19(2,3)15-11-16(23-27-15)25(17(26)20(4,5)6)18-22-13-10-12(21)8-9-14(13)24(18)7/h8-11H,21H2,1-7H3. The normalized spacial score (nSPS) is 12.6. The summed E-state index contributed by atoms with van der Waals surface area (Å²) in [5.41, 5.74) is 7.27. The second-order valence-electron chi connectivity index (χ2n) is 8.91. The number of nitrogen functional groups attached to an aromatic ring is 1. The molecule has 0 fully saturated rings. The molecule has 0 saturated carbocycles. The van der Waals surface area contributed by atoms with Gasteiger partial charge in [0.15, 0.2) is 5.82 Å². The van der Waals surface area contributed by atoms with Crippen molar-refractivity contribution in [3.8, 4) is 0 Å². The molecule has 0 unspecified atom stereocenters. The third-order valence-electron chi connectivity index (χ3n) is 4.39. The molecule has 144 valence electrons. The van der Waals surface area contributed by atoms with E-state index < -0.39 is 5.41 Å². The second kappa shape index (κ2) is 6.11. The Bertz CT molecular complexity index is 1000. The second-order valence-corrected chi connectivity index (χ2v) is 8.91. The number of carbonyl (C=O) groups is 1. The fourth-order valence-corrected chi connectivity index (χ4v) is 2.76. The van der Waals surface area contributed by atoms with Crippen molar-refractivity contribution < 1.29 is 9.32 Å². The van der Waals surface area contributed by atoms with Gasteiger partial charge >= 0.3 is 0 Å². The highest BCUT2D eigenvalue weighted by Crippen LogP contribution is 2.34. The molecule has 2 heterocycles. The molecule has 2 aromatic heterocycles. The van der Waals surface area contributed by atoms with Crippen molar-refractivity contribution in [2.45, 2.75) is 47.0 Å². The minimum Gasteiger partial charge on any atom is -0.399 e. The first kappa shape index (κ1) is 18.9. The van der Waals surface area contributed by atoms with E-state index in [4.69, 9.17) is 10.3 Å². The molecule has 0 spiro atoms. The van der Waals surface area contributed by atoms with E-state index in [1.165, 1.54) is 4.90 Å². The van der Waals surface area contributed by atoms with Gasteiger partial charge in [-0.2, -0.15) is 0 Å². The number of aryl methyl sites for hydroxylation is 1. The zero-order chi connectivity index (χ0) is 20.1. The van der Waals surface area contributed by atoms with Crippen molar-refractivity contribution >= 4 is 34.4 Å². The van der Waals surface area contributed by atoms with E-state index in [-0.39, 0.29) is 11.3 Å². The number of aromatic nitrogens is 3. The monoisotopic (exact) mass is 369 g/mol. The van der Waals surface area contributed by atoms with Gasteiger partial charge < -0.3 is 14.8 Å². The van der Waals surface area contributed by atoms with Crippen LogP contribution in [-0.4, -0.2) is 20.6 Å². The number of imidazole rings is 1. The van der Waals surface area contributed by atoms with Crippen LogP contribution in [0.2, 0.25) is 0 Å². The van der Waals surface area contributed by atoms with Gasteiger partial charge in [0, 0.05) is 29.6 Å². The van der Waals surface area contributed by atoms with E-state index >= 15 is 0 Å². The lowest BCUT2D eigenvalue weighted by molar-refractivity contribution is -0.125. The highest BCUT2D eigenvalue weighted by molar-refractivity contribution is 6.02. The summed E-state index contributed by atoms with van der Waals surface area (Å²) in [5, 5.41) is 4.17. The van der Waals surface area contributed by atoms with Crippen LogP contribution in [0, 0.1) is 5.41 Å². The van der Waals surface area contributed by atoms with E-state index in [0.29, 0.717) is 23.2 Å². The lowest BCUT2D eigenvalue weighted by atomic mass is 9.93. The Morgan fingerprint density at radius 2 is 1.81 bits per heavy atom. The Kier molecular flexibility index (Phi) is 4.29. The fraction of sp³-hybridized carbons (Fsp3) is 0.450. The van der Waals surface area contributed by atoms with Gasteiger partial charge in [-0.25, -0.2) is 9.88 Å². The number of carbonyl (C=O) groups excluding carboxylic acids is 1. The molecule has 7 nitrogen and oxygen atoms in total. The molecule has 1 aromatic carbocycles. The molecule has 0 aliphatic carbocycles. The van der Waals surface area contributed by atoms with Gasteiger partial charge in [0.25, 0.3) is 0 Å². The van der Waals surface area contributed by atoms with E-state index in [1.54, 1.807) is 12.1 Å². The molecule has 0 bridgehead atoms. The van der Waals surface area contributed by atoms with Crippen LogP contribution >= 0.6 is 0 Å². The number of fused-ring (bicyclic) bond motifs is 1. The molecule has 7 heteroatoms. The number of anilines is 3. The summed E-state index contributed by atoms with van der Waals surface area (Å²) in [7, 11) is 1.87. The van der Waals surface area contributed by atoms with E-state index in [9.17, 15) is 4.79 Å². The van der Waals surface area contributed by atoms with Crippen molar-refractivity contribution in [2.75, 3.05) is 10.6 Å². The van der Waals surface area contributed by atoms with Gasteiger partial charge in [-0.05, 0) is 18.2 Å². The van der Waals surface area contributed by atoms with Crippen LogP contribution in [0.25, 0.3) is 11.0 Å². The lowest BCUT2D eigenvalue weighted by Gasteiger charge is -2.26. The highest BCUT2D eigenvalue weighted by Gasteiger charge is 2.35. The van der Waals surface area contributed by atoms with Gasteiger partial charge in [-0.15, -0.1) is 0 Å². The summed E-state index contributed by atoms with van der Waals surface area (Å²) < 4.78 is 7.39. The summed E-state index contributed by atoms with van der Waals surface area (Å²) in [6.45, 7) is 11.7. The first-order chi connectivity index (χ1) is 12.4. The fourth-order valence-electron chi connectivity index (χ4n) is 2.76. The van der Waals surface area contributed by atoms with E-state index in [2.05, 4.69) is 10.1 Å². The van der Waals surface area contributed by atoms with Gasteiger partial charge in [-0.1, -0.05) is 46.7 Å². The average molecular weight is 369 g/mol. The summed E-state index contributed by atoms with van der Waals surface area (Å²) in [5.74, 6) is 1.48. The van der Waals surface area contributed by atoms with Crippen LogP contribution in [0.4, 0.5) is 17.5 Å². The minimum absolute atomic E-state index is 0.123. The Morgan fingerprint density at radius 3 is 2.37 bits per heavy atom. The third kappa shape index (κ3) is 3.41. The number of nitrogens with zero attached hydrogens (tertiary/aromatic N) is 4. The number of rotatable bonds is 2. The molecule has 0 atom stereocenters. The SMILES string of the molecule is Cn1c(N(C(=O)C(C)(C)C)c2cc(C(C)(C)C)on2)nc2cc(N)ccc21. The maximum atomic E-state index is 13.3. The number of amides is 1. The Balaban J connectivity index is 2.21. The first-order valence-corrected chi connectivity index (χ1v) is 8.93. The molecule has 3 rings (SSSR count). The Hall–Kier alpha value is -2.83. The molecule has 0 saturated heterocycles. The summed E-state index contributed by atoms with van der Waals surface area (Å²) in [6, 6.07) is 7.31. The predicted octanol–water partition coefficient (Wildman–Crippen LogP) is 4.15. The molecular formula is C20H27N5O2. The maximum absolute atomic E-state index is 13.3. The van der Waals surface area contributed by atoms with Crippen LogP contribution in [0.1, 0.15) is 47.3 Å². The van der Waals surface area contributed by atoms with Crippen LogP contribution in [0.3, 0.4) is 0 Å². The largest absolute Gasteiger partial charge is 0.399 e. The van der Waals surface area contributed by atoms with E-state index in [0.717, 1.165) is 11.0 Å². The topological polar surface area (TPSA) is 90.2 Å².